The zero-order valence-electron chi connectivity index (χ0n) is 31.9. The van der Waals surface area contributed by atoms with E-state index in [0.29, 0.717) is 18.5 Å². The van der Waals surface area contributed by atoms with Crippen LogP contribution in [0.2, 0.25) is 0 Å². The van der Waals surface area contributed by atoms with E-state index in [4.69, 9.17) is 19.9 Å². The second-order valence-electron chi connectivity index (χ2n) is 14.8. The van der Waals surface area contributed by atoms with E-state index in [9.17, 15) is 9.59 Å². The highest BCUT2D eigenvalue weighted by atomic mass is 16.1. The van der Waals surface area contributed by atoms with Crippen molar-refractivity contribution >= 4 is 34.3 Å². The van der Waals surface area contributed by atoms with Crippen LogP contribution in [-0.2, 0) is 35.5 Å². The molecule has 0 unspecified atom stereocenters. The van der Waals surface area contributed by atoms with Gasteiger partial charge in [-0.15, -0.1) is 0 Å². The van der Waals surface area contributed by atoms with Crippen LogP contribution in [0.3, 0.4) is 0 Å². The average molecular weight is 740 g/mol. The largest absolute Gasteiger partial charge is 0.356 e. The molecule has 2 aliphatic rings. The quantitative estimate of drug-likeness (QED) is 0.0725. The van der Waals surface area contributed by atoms with Gasteiger partial charge in [0.1, 0.15) is 17.9 Å². The Hall–Kier alpha value is -5.26. The number of imidazole rings is 2. The SMILES string of the molecule is CC(=O)NCCCCN(Cc1nc2ccccc2[nH]1)[C@H]1CCCc2cccnc21.O=CCCCN(Cc1nc2ccccc2[nH]1)[C@H]1CCCc2cccnc21. The molecule has 0 saturated carbocycles. The van der Waals surface area contributed by atoms with E-state index in [1.807, 2.05) is 60.9 Å². The number of aromatic nitrogens is 6. The van der Waals surface area contributed by atoms with Crippen molar-refractivity contribution in [3.05, 3.63) is 119 Å². The zero-order chi connectivity index (χ0) is 37.8. The van der Waals surface area contributed by atoms with Gasteiger partial charge in [-0.2, -0.15) is 0 Å². The van der Waals surface area contributed by atoms with Gasteiger partial charge in [-0.05, 0) is 118 Å². The highest BCUT2D eigenvalue weighted by Crippen LogP contribution is 2.35. The number of aldehydes is 1. The molecule has 4 heterocycles. The standard InChI is InChI=1S/C23H29N5O.C21H24N4O/c1-17(29)24-13-4-5-15-28(16-22-26-19-10-2-3-11-20(19)27-22)21-12-6-8-18-9-7-14-25-23(18)21;26-14-4-3-13-25(15-20-23-17-9-1-2-10-18(17)24-20)19-11-5-7-16-8-6-12-22-21(16)19/h2-3,7,9-11,14,21H,4-6,8,12-13,15-16H2,1H3,(H,24,29)(H,26,27);1-2,6,8-10,12,14,19H,3-5,7,11,13,15H2,(H,23,24)/t21-;19-/m00/s1. The predicted octanol–water partition coefficient (Wildman–Crippen LogP) is 7.57. The van der Waals surface area contributed by atoms with Crippen molar-refractivity contribution < 1.29 is 9.59 Å². The summed E-state index contributed by atoms with van der Waals surface area (Å²) in [4.78, 5) is 52.7. The Morgan fingerprint density at radius 1 is 0.727 bits per heavy atom. The molecule has 0 spiro atoms. The first-order chi connectivity index (χ1) is 27.1. The maximum Gasteiger partial charge on any atom is 0.216 e. The van der Waals surface area contributed by atoms with E-state index < -0.39 is 0 Å². The van der Waals surface area contributed by atoms with Crippen molar-refractivity contribution in [3.63, 3.8) is 0 Å². The van der Waals surface area contributed by atoms with Gasteiger partial charge in [0, 0.05) is 32.3 Å². The number of rotatable bonds is 15. The molecule has 2 aromatic carbocycles. The van der Waals surface area contributed by atoms with E-state index in [1.165, 1.54) is 35.4 Å². The zero-order valence-corrected chi connectivity index (χ0v) is 31.9. The number of hydrogen-bond acceptors (Lipinski definition) is 8. The van der Waals surface area contributed by atoms with Gasteiger partial charge in [-0.1, -0.05) is 36.4 Å². The number of aryl methyl sites for hydroxylation is 2. The van der Waals surface area contributed by atoms with Crippen LogP contribution < -0.4 is 5.32 Å². The van der Waals surface area contributed by atoms with Crippen molar-refractivity contribution in [2.24, 2.45) is 0 Å². The first-order valence-corrected chi connectivity index (χ1v) is 20.0. The molecule has 11 nitrogen and oxygen atoms in total. The highest BCUT2D eigenvalue weighted by Gasteiger charge is 2.29. The van der Waals surface area contributed by atoms with Crippen molar-refractivity contribution in [1.29, 1.82) is 0 Å². The molecular formula is C44H53N9O2. The number of aromatic amines is 2. The molecule has 0 fully saturated rings. The van der Waals surface area contributed by atoms with Crippen molar-refractivity contribution in [3.8, 4) is 0 Å². The summed E-state index contributed by atoms with van der Waals surface area (Å²) in [6, 6.07) is 25.4. The lowest BCUT2D eigenvalue weighted by Crippen LogP contribution is -2.33. The van der Waals surface area contributed by atoms with Gasteiger partial charge in [-0.25, -0.2) is 9.97 Å². The Morgan fingerprint density at radius 3 is 1.76 bits per heavy atom. The van der Waals surface area contributed by atoms with Gasteiger partial charge in [-0.3, -0.25) is 24.6 Å². The number of nitrogens with zero attached hydrogens (tertiary/aromatic N) is 6. The molecular weight excluding hydrogens is 687 g/mol. The molecule has 0 aliphatic heterocycles. The number of carbonyl (C=O) groups excluding carboxylic acids is 2. The number of H-pyrrole nitrogens is 2. The average Bonchev–Trinajstić information content (AvgIpc) is 3.83. The lowest BCUT2D eigenvalue weighted by atomic mass is 9.90. The number of unbranched alkanes of at least 4 members (excludes halogenated alkanes) is 2. The van der Waals surface area contributed by atoms with Crippen LogP contribution in [0.4, 0.5) is 0 Å². The smallest absolute Gasteiger partial charge is 0.216 e. The molecule has 1 amide bonds. The van der Waals surface area contributed by atoms with Crippen LogP contribution >= 0.6 is 0 Å². The van der Waals surface area contributed by atoms with E-state index in [2.05, 4.69) is 49.4 Å². The van der Waals surface area contributed by atoms with Crippen LogP contribution in [0.5, 0.6) is 0 Å². The summed E-state index contributed by atoms with van der Waals surface area (Å²) in [5, 5.41) is 2.89. The van der Waals surface area contributed by atoms with E-state index in [1.54, 1.807) is 6.92 Å². The Bertz CT molecular complexity index is 2090. The minimum atomic E-state index is 0.0366. The lowest BCUT2D eigenvalue weighted by molar-refractivity contribution is -0.119. The second kappa shape index (κ2) is 18.9. The van der Waals surface area contributed by atoms with Crippen LogP contribution in [0.1, 0.15) is 105 Å². The first kappa shape index (κ1) is 38.0. The van der Waals surface area contributed by atoms with Crippen molar-refractivity contribution in [1.82, 2.24) is 45.0 Å². The molecule has 0 bridgehead atoms. The van der Waals surface area contributed by atoms with Gasteiger partial charge in [0.15, 0.2) is 0 Å². The molecule has 2 atom stereocenters. The summed E-state index contributed by atoms with van der Waals surface area (Å²) < 4.78 is 0. The number of benzene rings is 2. The maximum absolute atomic E-state index is 11.1. The lowest BCUT2D eigenvalue weighted by Gasteiger charge is -2.34. The van der Waals surface area contributed by atoms with Crippen LogP contribution in [0.25, 0.3) is 22.1 Å². The minimum absolute atomic E-state index is 0.0366. The second-order valence-corrected chi connectivity index (χ2v) is 14.8. The normalized spacial score (nSPS) is 16.4. The first-order valence-electron chi connectivity index (χ1n) is 20.0. The highest BCUT2D eigenvalue weighted by molar-refractivity contribution is 5.75. The number of hydrogen-bond donors (Lipinski definition) is 3. The van der Waals surface area contributed by atoms with Crippen LogP contribution in [0, 0.1) is 0 Å². The molecule has 286 valence electrons. The van der Waals surface area contributed by atoms with Crippen molar-refractivity contribution in [2.45, 2.75) is 96.3 Å². The van der Waals surface area contributed by atoms with Gasteiger partial charge in [0.05, 0.1) is 58.6 Å². The van der Waals surface area contributed by atoms with Gasteiger partial charge >= 0.3 is 0 Å². The Labute approximate surface area is 323 Å². The molecule has 11 heteroatoms. The summed E-state index contributed by atoms with van der Waals surface area (Å²) in [5.41, 5.74) is 9.30. The number of pyridine rings is 2. The fraction of sp³-hybridized carbons (Fsp3) is 0.409. The molecule has 6 aromatic rings. The summed E-state index contributed by atoms with van der Waals surface area (Å²) in [5.74, 6) is 2.01. The molecule has 55 heavy (non-hydrogen) atoms. The third kappa shape index (κ3) is 9.89. The van der Waals surface area contributed by atoms with Gasteiger partial charge < -0.3 is 20.1 Å². The van der Waals surface area contributed by atoms with E-state index in [0.717, 1.165) is 118 Å². The summed E-state index contributed by atoms with van der Waals surface area (Å²) >= 11 is 0. The number of amides is 1. The van der Waals surface area contributed by atoms with Gasteiger partial charge in [0.25, 0.3) is 0 Å². The number of nitrogens with one attached hydrogen (secondary N) is 3. The molecule has 3 N–H and O–H groups in total. The van der Waals surface area contributed by atoms with Crippen molar-refractivity contribution in [2.75, 3.05) is 19.6 Å². The summed E-state index contributed by atoms with van der Waals surface area (Å²) in [7, 11) is 0. The fourth-order valence-electron chi connectivity index (χ4n) is 8.20. The Balaban J connectivity index is 0.000000170. The van der Waals surface area contributed by atoms with Crippen LogP contribution in [0.15, 0.2) is 85.2 Å². The third-order valence-corrected chi connectivity index (χ3v) is 10.8. The Kier molecular flexibility index (Phi) is 13.0. The molecule has 0 radical (unpaired) electrons. The predicted molar refractivity (Wildman–Crippen MR) is 216 cm³/mol. The molecule has 8 rings (SSSR count). The molecule has 2 aliphatic carbocycles. The molecule has 4 aromatic heterocycles. The summed E-state index contributed by atoms with van der Waals surface area (Å²) in [6.07, 6.45) is 15.1. The Morgan fingerprint density at radius 2 is 1.25 bits per heavy atom. The number of carbonyl (C=O) groups is 2. The monoisotopic (exact) mass is 739 g/mol. The third-order valence-electron chi connectivity index (χ3n) is 10.8. The fourth-order valence-corrected chi connectivity index (χ4v) is 8.20. The van der Waals surface area contributed by atoms with Gasteiger partial charge in [0.2, 0.25) is 5.91 Å². The topological polar surface area (TPSA) is 136 Å². The van der Waals surface area contributed by atoms with Crippen LogP contribution in [-0.4, -0.2) is 71.5 Å². The summed E-state index contributed by atoms with van der Waals surface area (Å²) in [6.45, 7) is 5.64. The van der Waals surface area contributed by atoms with E-state index in [-0.39, 0.29) is 5.91 Å². The maximum atomic E-state index is 11.1. The minimum Gasteiger partial charge on any atom is -0.356 e. The number of para-hydroxylation sites is 4. The molecule has 0 saturated heterocycles. The number of fused-ring (bicyclic) bond motifs is 4. The van der Waals surface area contributed by atoms with E-state index >= 15 is 0 Å².